The Kier molecular flexibility index (Phi) is 8.03. The average Bonchev–Trinajstić information content (AvgIpc) is 3.02. The third-order valence-corrected chi connectivity index (χ3v) is 5.61. The maximum atomic E-state index is 11.2. The first-order valence-corrected chi connectivity index (χ1v) is 11.0. The Bertz CT molecular complexity index is 773. The molecule has 2 aliphatic heterocycles. The molecule has 3 atom stereocenters. The van der Waals surface area contributed by atoms with Gasteiger partial charge in [-0.15, -0.1) is 0 Å². The Hall–Kier alpha value is -1.69. The molecule has 29 heavy (non-hydrogen) atoms. The molecule has 0 bridgehead atoms. The third kappa shape index (κ3) is 7.92. The summed E-state index contributed by atoms with van der Waals surface area (Å²) in [6.07, 6.45) is -2.78. The molecule has 2 heterocycles. The van der Waals surface area contributed by atoms with Gasteiger partial charge in [0.15, 0.2) is 0 Å². The lowest BCUT2D eigenvalue weighted by Gasteiger charge is -2.35. The lowest BCUT2D eigenvalue weighted by molar-refractivity contribution is -0.192. The van der Waals surface area contributed by atoms with Crippen LogP contribution in [0.1, 0.15) is 12.0 Å². The summed E-state index contributed by atoms with van der Waals surface area (Å²) >= 11 is 0. The van der Waals surface area contributed by atoms with Crippen LogP contribution in [-0.2, 0) is 26.1 Å². The predicted molar refractivity (Wildman–Crippen MR) is 99.6 cm³/mol. The molecule has 0 amide bonds. The van der Waals surface area contributed by atoms with Gasteiger partial charge in [0.2, 0.25) is 10.0 Å². The van der Waals surface area contributed by atoms with Crippen LogP contribution < -0.4 is 4.72 Å². The number of aliphatic carboxylic acids is 1. The van der Waals surface area contributed by atoms with E-state index in [2.05, 4.69) is 33.9 Å². The highest BCUT2D eigenvalue weighted by molar-refractivity contribution is 7.88. The highest BCUT2D eigenvalue weighted by atomic mass is 32.2. The number of rotatable bonds is 5. The van der Waals surface area contributed by atoms with Crippen molar-refractivity contribution >= 4 is 16.0 Å². The fourth-order valence-corrected chi connectivity index (χ4v) is 4.06. The minimum Gasteiger partial charge on any atom is -0.475 e. The number of hydrogen-bond acceptors (Lipinski definition) is 5. The van der Waals surface area contributed by atoms with E-state index >= 15 is 0 Å². The van der Waals surface area contributed by atoms with E-state index in [1.165, 1.54) is 11.8 Å². The summed E-state index contributed by atoms with van der Waals surface area (Å²) in [5.74, 6) is -1.77. The fourth-order valence-electron chi connectivity index (χ4n) is 3.59. The molecule has 1 aromatic carbocycles. The number of carboxylic acid groups (broad SMARTS) is 1. The minimum atomic E-state index is -5.08. The molecule has 2 aliphatic rings. The highest BCUT2D eigenvalue weighted by Crippen LogP contribution is 2.34. The predicted octanol–water partition coefficient (Wildman–Crippen LogP) is 1.71. The molecule has 1 aromatic rings. The third-order valence-electron chi connectivity index (χ3n) is 4.92. The minimum absolute atomic E-state index is 0.0265. The van der Waals surface area contributed by atoms with Gasteiger partial charge in [-0.3, -0.25) is 4.90 Å². The van der Waals surface area contributed by atoms with E-state index in [4.69, 9.17) is 14.6 Å². The van der Waals surface area contributed by atoms with Gasteiger partial charge in [0.1, 0.15) is 0 Å². The summed E-state index contributed by atoms with van der Waals surface area (Å²) in [7, 11) is -3.14. The lowest BCUT2D eigenvalue weighted by Crippen LogP contribution is -2.43. The number of carboxylic acids is 1. The van der Waals surface area contributed by atoms with Crippen LogP contribution in [0.4, 0.5) is 13.2 Å². The number of likely N-dealkylation sites (tertiary alicyclic amines) is 1. The number of carbonyl (C=O) groups is 1. The maximum absolute atomic E-state index is 11.2. The molecule has 7 nitrogen and oxygen atoms in total. The van der Waals surface area contributed by atoms with Crippen LogP contribution in [0, 0.1) is 11.8 Å². The highest BCUT2D eigenvalue weighted by Gasteiger charge is 2.40. The largest absolute Gasteiger partial charge is 0.490 e. The number of halogens is 3. The van der Waals surface area contributed by atoms with Gasteiger partial charge in [0.25, 0.3) is 0 Å². The van der Waals surface area contributed by atoms with E-state index < -0.39 is 22.2 Å². The second-order valence-electron chi connectivity index (χ2n) is 7.23. The van der Waals surface area contributed by atoms with Crippen molar-refractivity contribution in [2.24, 2.45) is 11.8 Å². The van der Waals surface area contributed by atoms with E-state index in [0.717, 1.165) is 32.7 Å². The number of sulfonamides is 1. The Morgan fingerprint density at radius 1 is 1.31 bits per heavy atom. The quantitative estimate of drug-likeness (QED) is 0.727. The first-order chi connectivity index (χ1) is 13.5. The first kappa shape index (κ1) is 23.6. The summed E-state index contributed by atoms with van der Waals surface area (Å²) in [5, 5.41) is 7.12. The van der Waals surface area contributed by atoms with Crippen molar-refractivity contribution in [2.45, 2.75) is 25.2 Å². The van der Waals surface area contributed by atoms with Crippen molar-refractivity contribution in [3.63, 3.8) is 0 Å². The monoisotopic (exact) mass is 438 g/mol. The number of alkyl halides is 3. The second-order valence-corrected chi connectivity index (χ2v) is 9.06. The zero-order valence-electron chi connectivity index (χ0n) is 15.9. The topological polar surface area (TPSA) is 95.9 Å². The van der Waals surface area contributed by atoms with Crippen LogP contribution >= 0.6 is 0 Å². The van der Waals surface area contributed by atoms with E-state index in [-0.39, 0.29) is 6.10 Å². The molecule has 2 N–H and O–H groups in total. The number of nitrogens with one attached hydrogen (secondary N) is 1. The summed E-state index contributed by atoms with van der Waals surface area (Å²) in [6, 6.07) is 10.5. The standard InChI is InChI=1S/C16H24N2O3S.C2HF3O2/c1-22(19,20)17-9-16-15-7-8-18(11-14(15)12-21-16)10-13-5-3-2-4-6-13;3-2(4,5)1(6)7/h2-6,14-17H,7-12H2,1H3;(H,6,7)/t14-,15-,16+;/m1./s1. The second kappa shape index (κ2) is 9.88. The molecule has 0 unspecified atom stereocenters. The van der Waals surface area contributed by atoms with Crippen LogP contribution in [0.15, 0.2) is 30.3 Å². The zero-order valence-corrected chi connectivity index (χ0v) is 16.7. The van der Waals surface area contributed by atoms with Gasteiger partial charge in [-0.1, -0.05) is 30.3 Å². The fraction of sp³-hybridized carbons (Fsp3) is 0.611. The summed E-state index contributed by atoms with van der Waals surface area (Å²) < 4.78 is 62.6. The molecule has 164 valence electrons. The summed E-state index contributed by atoms with van der Waals surface area (Å²) in [5.41, 5.74) is 1.34. The van der Waals surface area contributed by atoms with Gasteiger partial charge < -0.3 is 9.84 Å². The number of nitrogens with zero attached hydrogens (tertiary/aromatic N) is 1. The van der Waals surface area contributed by atoms with Crippen LogP contribution in [0.25, 0.3) is 0 Å². The lowest BCUT2D eigenvalue weighted by atomic mass is 9.84. The Labute approximate surface area is 167 Å². The average molecular weight is 438 g/mol. The van der Waals surface area contributed by atoms with Crippen molar-refractivity contribution in [1.29, 1.82) is 0 Å². The molecule has 3 rings (SSSR count). The van der Waals surface area contributed by atoms with Gasteiger partial charge in [0, 0.05) is 25.6 Å². The molecule has 2 fully saturated rings. The smallest absolute Gasteiger partial charge is 0.475 e. The van der Waals surface area contributed by atoms with E-state index in [1.807, 2.05) is 6.07 Å². The summed E-state index contributed by atoms with van der Waals surface area (Å²) in [4.78, 5) is 11.4. The Balaban J connectivity index is 0.000000370. The van der Waals surface area contributed by atoms with E-state index in [0.29, 0.717) is 18.4 Å². The van der Waals surface area contributed by atoms with Crippen molar-refractivity contribution in [3.8, 4) is 0 Å². The Morgan fingerprint density at radius 2 is 1.93 bits per heavy atom. The number of fused-ring (bicyclic) bond motifs is 1. The number of ether oxygens (including phenoxy) is 1. The van der Waals surface area contributed by atoms with Crippen molar-refractivity contribution < 1.29 is 36.2 Å². The van der Waals surface area contributed by atoms with Gasteiger partial charge >= 0.3 is 12.1 Å². The van der Waals surface area contributed by atoms with Crippen LogP contribution in [0.3, 0.4) is 0 Å². The van der Waals surface area contributed by atoms with Crippen LogP contribution in [0.5, 0.6) is 0 Å². The van der Waals surface area contributed by atoms with E-state index in [9.17, 15) is 21.6 Å². The molecule has 0 aliphatic carbocycles. The normalized spacial score (nSPS) is 25.0. The van der Waals surface area contributed by atoms with Gasteiger partial charge in [-0.05, 0) is 24.4 Å². The molecule has 2 saturated heterocycles. The van der Waals surface area contributed by atoms with Gasteiger partial charge in [-0.2, -0.15) is 13.2 Å². The Morgan fingerprint density at radius 3 is 2.48 bits per heavy atom. The number of benzene rings is 1. The number of piperidine rings is 1. The van der Waals surface area contributed by atoms with Crippen molar-refractivity contribution in [2.75, 3.05) is 32.5 Å². The van der Waals surface area contributed by atoms with Crippen LogP contribution in [-0.4, -0.2) is 69.2 Å². The van der Waals surface area contributed by atoms with Crippen molar-refractivity contribution in [1.82, 2.24) is 9.62 Å². The molecular formula is C18H25F3N2O5S. The first-order valence-electron chi connectivity index (χ1n) is 9.08. The molecule has 0 aromatic heterocycles. The molecule has 11 heteroatoms. The number of hydrogen-bond donors (Lipinski definition) is 2. The summed E-state index contributed by atoms with van der Waals surface area (Å²) in [6.45, 7) is 4.21. The maximum Gasteiger partial charge on any atom is 0.490 e. The van der Waals surface area contributed by atoms with Gasteiger partial charge in [0.05, 0.1) is 19.0 Å². The molecule has 0 saturated carbocycles. The molecule has 0 spiro atoms. The van der Waals surface area contributed by atoms with Crippen LogP contribution in [0.2, 0.25) is 0 Å². The van der Waals surface area contributed by atoms with Crippen molar-refractivity contribution in [3.05, 3.63) is 35.9 Å². The molecule has 0 radical (unpaired) electrons. The van der Waals surface area contributed by atoms with E-state index in [1.54, 1.807) is 0 Å². The SMILES string of the molecule is CS(=O)(=O)NC[C@@H]1OC[C@H]2CN(Cc3ccccc3)CC[C@H]21.O=C(O)C(F)(F)F. The van der Waals surface area contributed by atoms with Gasteiger partial charge in [-0.25, -0.2) is 17.9 Å². The molecular weight excluding hydrogens is 413 g/mol. The zero-order chi connectivity index (χ0) is 21.7.